The van der Waals surface area contributed by atoms with Gasteiger partial charge in [0.2, 0.25) is 5.13 Å². The number of fused-ring (bicyclic) bond motifs is 1. The van der Waals surface area contributed by atoms with Gasteiger partial charge in [-0.25, -0.2) is 9.98 Å². The molecule has 0 saturated carbocycles. The second-order valence-corrected chi connectivity index (χ2v) is 6.26. The zero-order chi connectivity index (χ0) is 17.3. The van der Waals surface area contributed by atoms with E-state index in [-0.39, 0.29) is 10.9 Å². The quantitative estimate of drug-likeness (QED) is 0.544. The van der Waals surface area contributed by atoms with Crippen LogP contribution in [0.25, 0.3) is 10.2 Å². The average molecular weight is 371 g/mol. The number of hydrogen-bond acceptors (Lipinski definition) is 4. The zero-order valence-corrected chi connectivity index (χ0v) is 13.8. The third-order valence-corrected chi connectivity index (χ3v) is 4.34. The number of thiazole rings is 1. The Hall–Kier alpha value is -2.12. The number of rotatable bonds is 3. The lowest BCUT2D eigenvalue weighted by Gasteiger charge is -2.07. The second-order valence-electron chi connectivity index (χ2n) is 4.89. The lowest BCUT2D eigenvalue weighted by molar-refractivity contribution is -0.274. The van der Waals surface area contributed by atoms with Crippen LogP contribution in [0.3, 0.4) is 0 Å². The van der Waals surface area contributed by atoms with Gasteiger partial charge >= 0.3 is 6.36 Å². The number of benzene rings is 2. The Morgan fingerprint density at radius 2 is 1.96 bits per heavy atom. The zero-order valence-electron chi connectivity index (χ0n) is 12.3. The van der Waals surface area contributed by atoms with Crippen molar-refractivity contribution in [3.63, 3.8) is 0 Å². The largest absolute Gasteiger partial charge is 0.573 e. The van der Waals surface area contributed by atoms with Crippen molar-refractivity contribution in [2.75, 3.05) is 0 Å². The maximum atomic E-state index is 12.3. The monoisotopic (exact) mass is 370 g/mol. The molecular formula is C16H10ClF3N2OS. The second kappa shape index (κ2) is 6.41. The molecule has 0 unspecified atom stereocenters. The standard InChI is InChI=1S/C16H10ClF3N2OS/c1-9-4-2-3-5-11(9)14(17)22-15-21-12-7-6-10(8-13(12)24-15)23-16(18,19)20/h2-8H,1H3. The maximum absolute atomic E-state index is 12.3. The number of hydrogen-bond donors (Lipinski definition) is 0. The normalized spacial score (nSPS) is 12.6. The molecule has 3 nitrogen and oxygen atoms in total. The van der Waals surface area contributed by atoms with Crippen molar-refractivity contribution in [3.05, 3.63) is 53.6 Å². The topological polar surface area (TPSA) is 34.5 Å². The van der Waals surface area contributed by atoms with Gasteiger partial charge in [0.05, 0.1) is 10.2 Å². The molecule has 0 fully saturated rings. The molecule has 0 saturated heterocycles. The van der Waals surface area contributed by atoms with Gasteiger partial charge < -0.3 is 4.74 Å². The van der Waals surface area contributed by atoms with Gasteiger partial charge in [0, 0.05) is 11.6 Å². The first-order chi connectivity index (χ1) is 11.3. The van der Waals surface area contributed by atoms with Crippen LogP contribution in [0.2, 0.25) is 0 Å². The number of aryl methyl sites for hydroxylation is 1. The summed E-state index contributed by atoms with van der Waals surface area (Å²) in [6.45, 7) is 1.91. The molecule has 0 spiro atoms. The van der Waals surface area contributed by atoms with Gasteiger partial charge in [-0.3, -0.25) is 0 Å². The van der Waals surface area contributed by atoms with Gasteiger partial charge in [0.15, 0.2) is 0 Å². The van der Waals surface area contributed by atoms with Crippen LogP contribution < -0.4 is 4.74 Å². The van der Waals surface area contributed by atoms with Crippen LogP contribution in [0.4, 0.5) is 18.3 Å². The van der Waals surface area contributed by atoms with E-state index in [1.165, 1.54) is 18.2 Å². The van der Waals surface area contributed by atoms with Gasteiger partial charge in [-0.2, -0.15) is 0 Å². The molecule has 3 aromatic rings. The highest BCUT2D eigenvalue weighted by Gasteiger charge is 2.31. The van der Waals surface area contributed by atoms with Crippen LogP contribution in [-0.2, 0) is 0 Å². The molecule has 1 aromatic heterocycles. The summed E-state index contributed by atoms with van der Waals surface area (Å²) in [6.07, 6.45) is -4.73. The number of ether oxygens (including phenoxy) is 1. The number of nitrogens with zero attached hydrogens (tertiary/aromatic N) is 2. The molecule has 0 radical (unpaired) electrons. The molecule has 0 amide bonds. The van der Waals surface area contributed by atoms with Crippen molar-refractivity contribution >= 4 is 43.5 Å². The first-order valence-corrected chi connectivity index (χ1v) is 7.98. The van der Waals surface area contributed by atoms with Crippen molar-refractivity contribution in [1.82, 2.24) is 4.98 Å². The Morgan fingerprint density at radius 3 is 2.67 bits per heavy atom. The summed E-state index contributed by atoms with van der Waals surface area (Å²) in [5.41, 5.74) is 2.27. The van der Waals surface area contributed by atoms with Gasteiger partial charge in [-0.05, 0) is 24.6 Å². The molecule has 2 aromatic carbocycles. The molecule has 8 heteroatoms. The minimum atomic E-state index is -4.73. The maximum Gasteiger partial charge on any atom is 0.573 e. The molecule has 0 aliphatic carbocycles. The summed E-state index contributed by atoms with van der Waals surface area (Å²) in [6, 6.07) is 11.4. The van der Waals surface area contributed by atoms with Gasteiger partial charge in [0.25, 0.3) is 0 Å². The van der Waals surface area contributed by atoms with E-state index >= 15 is 0 Å². The number of alkyl halides is 3. The van der Waals surface area contributed by atoms with Crippen LogP contribution in [0, 0.1) is 6.92 Å². The minimum absolute atomic E-state index is 0.277. The van der Waals surface area contributed by atoms with E-state index in [0.29, 0.717) is 15.3 Å². The predicted molar refractivity (Wildman–Crippen MR) is 89.5 cm³/mol. The fourth-order valence-corrected chi connectivity index (χ4v) is 3.30. The molecular weight excluding hydrogens is 361 g/mol. The predicted octanol–water partition coefficient (Wildman–Crippen LogP) is 5.82. The molecule has 24 heavy (non-hydrogen) atoms. The number of aromatic nitrogens is 1. The number of aliphatic imine (C=N–C) groups is 1. The minimum Gasteiger partial charge on any atom is -0.406 e. The fraction of sp³-hybridized carbons (Fsp3) is 0.125. The molecule has 0 atom stereocenters. The summed E-state index contributed by atoms with van der Waals surface area (Å²) in [4.78, 5) is 8.51. The summed E-state index contributed by atoms with van der Waals surface area (Å²) in [7, 11) is 0. The average Bonchev–Trinajstić information content (AvgIpc) is 2.87. The van der Waals surface area contributed by atoms with Gasteiger partial charge in [-0.1, -0.05) is 47.2 Å². The van der Waals surface area contributed by atoms with Crippen molar-refractivity contribution in [2.24, 2.45) is 4.99 Å². The number of halogens is 4. The van der Waals surface area contributed by atoms with Crippen LogP contribution in [0.1, 0.15) is 11.1 Å². The lowest BCUT2D eigenvalue weighted by atomic mass is 10.1. The van der Waals surface area contributed by atoms with E-state index in [1.54, 1.807) is 0 Å². The first-order valence-electron chi connectivity index (χ1n) is 6.78. The van der Waals surface area contributed by atoms with Crippen LogP contribution in [0.5, 0.6) is 5.75 Å². The first kappa shape index (κ1) is 16.7. The van der Waals surface area contributed by atoms with Crippen molar-refractivity contribution in [1.29, 1.82) is 0 Å². The molecule has 0 aliphatic heterocycles. The van der Waals surface area contributed by atoms with Gasteiger partial charge in [0.1, 0.15) is 10.9 Å². The summed E-state index contributed by atoms with van der Waals surface area (Å²) >= 11 is 7.37. The van der Waals surface area contributed by atoms with E-state index in [2.05, 4.69) is 14.7 Å². The van der Waals surface area contributed by atoms with E-state index in [0.717, 1.165) is 22.5 Å². The Balaban J connectivity index is 1.93. The Labute approximate surface area is 144 Å². The Bertz CT molecular complexity index is 921. The highest BCUT2D eigenvalue weighted by molar-refractivity contribution is 7.22. The Morgan fingerprint density at radius 1 is 1.21 bits per heavy atom. The summed E-state index contributed by atoms with van der Waals surface area (Å²) in [5.74, 6) is -0.292. The fourth-order valence-electron chi connectivity index (χ4n) is 2.09. The van der Waals surface area contributed by atoms with Crippen LogP contribution in [0.15, 0.2) is 47.5 Å². The highest BCUT2D eigenvalue weighted by atomic mass is 35.5. The van der Waals surface area contributed by atoms with E-state index in [4.69, 9.17) is 11.6 Å². The SMILES string of the molecule is Cc1ccccc1C(Cl)=Nc1nc2ccc(OC(F)(F)F)cc2s1. The molecule has 1 heterocycles. The van der Waals surface area contributed by atoms with Crippen molar-refractivity contribution in [3.8, 4) is 5.75 Å². The van der Waals surface area contributed by atoms with Crippen molar-refractivity contribution < 1.29 is 17.9 Å². The molecule has 124 valence electrons. The van der Waals surface area contributed by atoms with Crippen LogP contribution in [-0.4, -0.2) is 16.5 Å². The summed E-state index contributed by atoms with van der Waals surface area (Å²) in [5, 5.41) is 0.640. The third-order valence-electron chi connectivity index (χ3n) is 3.14. The Kier molecular flexibility index (Phi) is 4.47. The summed E-state index contributed by atoms with van der Waals surface area (Å²) < 4.78 is 41.2. The van der Waals surface area contributed by atoms with E-state index in [9.17, 15) is 13.2 Å². The van der Waals surface area contributed by atoms with E-state index in [1.807, 2.05) is 31.2 Å². The van der Waals surface area contributed by atoms with Crippen LogP contribution >= 0.6 is 22.9 Å². The smallest absolute Gasteiger partial charge is 0.406 e. The molecule has 3 rings (SSSR count). The lowest BCUT2D eigenvalue weighted by Crippen LogP contribution is -2.16. The van der Waals surface area contributed by atoms with Gasteiger partial charge in [-0.15, -0.1) is 13.2 Å². The third kappa shape index (κ3) is 3.85. The highest BCUT2D eigenvalue weighted by Crippen LogP contribution is 2.33. The molecule has 0 N–H and O–H groups in total. The van der Waals surface area contributed by atoms with Crippen molar-refractivity contribution in [2.45, 2.75) is 13.3 Å². The molecule has 0 bridgehead atoms. The molecule has 0 aliphatic rings. The van der Waals surface area contributed by atoms with E-state index < -0.39 is 6.36 Å².